The van der Waals surface area contributed by atoms with E-state index in [-0.39, 0.29) is 16.6 Å². The number of carboxylic acid groups (broad SMARTS) is 1. The number of aromatic nitrogens is 1. The van der Waals surface area contributed by atoms with E-state index >= 15 is 0 Å². The molecule has 1 atom stereocenters. The van der Waals surface area contributed by atoms with E-state index in [0.29, 0.717) is 61.0 Å². The van der Waals surface area contributed by atoms with E-state index in [1.165, 1.54) is 12.1 Å². The molecule has 15 heteroatoms. The summed E-state index contributed by atoms with van der Waals surface area (Å²) in [5.74, 6) is -0.300. The lowest BCUT2D eigenvalue weighted by Gasteiger charge is -2.37. The van der Waals surface area contributed by atoms with Crippen molar-refractivity contribution in [2.75, 3.05) is 72.4 Å². The average Bonchev–Trinajstić information content (AvgIpc) is 3.60. The van der Waals surface area contributed by atoms with Crippen LogP contribution in [0.4, 0.5) is 28.4 Å². The van der Waals surface area contributed by atoms with Crippen LogP contribution in [0, 0.1) is 24.0 Å². The van der Waals surface area contributed by atoms with E-state index in [0.717, 1.165) is 63.4 Å². The molecule has 1 aliphatic heterocycles. The first kappa shape index (κ1) is 45.7. The molecule has 13 nitrogen and oxygen atoms in total. The summed E-state index contributed by atoms with van der Waals surface area (Å²) in [6.07, 6.45) is 0.718. The summed E-state index contributed by atoms with van der Waals surface area (Å²) in [4.78, 5) is 31.5. The minimum Gasteiger partial charge on any atom is -0.478 e. The summed E-state index contributed by atoms with van der Waals surface area (Å²) < 4.78 is 32.9. The summed E-state index contributed by atoms with van der Waals surface area (Å²) in [7, 11) is -0.302. The number of sulfonamides is 1. The van der Waals surface area contributed by atoms with Crippen LogP contribution in [0.3, 0.4) is 0 Å². The number of aromatic carboxylic acids is 1. The van der Waals surface area contributed by atoms with Crippen LogP contribution in [0.15, 0.2) is 131 Å². The molecule has 6 aromatic rings. The Balaban J connectivity index is 1.05. The fraction of sp³-hybridized carbons (Fsp3) is 0.286. The van der Waals surface area contributed by atoms with Crippen LogP contribution in [0.5, 0.6) is 0 Å². The van der Waals surface area contributed by atoms with E-state index in [1.807, 2.05) is 89.5 Å². The number of carboxylic acids is 1. The first-order valence-electron chi connectivity index (χ1n) is 21.4. The number of nitrogens with zero attached hydrogens (tertiary/aromatic N) is 5. The number of nitro groups is 1. The fourth-order valence-electron chi connectivity index (χ4n) is 8.23. The number of nitro benzene ring substituents is 1. The summed E-state index contributed by atoms with van der Waals surface area (Å²) >= 11 is 1.66. The fourth-order valence-corrected chi connectivity index (χ4v) is 10.5. The highest BCUT2D eigenvalue weighted by Crippen LogP contribution is 2.41. The van der Waals surface area contributed by atoms with Gasteiger partial charge < -0.3 is 29.7 Å². The highest BCUT2D eigenvalue weighted by molar-refractivity contribution is 7.99. The monoisotopic (exact) mass is 901 g/mol. The average molecular weight is 902 g/mol. The summed E-state index contributed by atoms with van der Waals surface area (Å²) in [6, 6.07) is 37.2. The van der Waals surface area contributed by atoms with Crippen molar-refractivity contribution in [2.45, 2.75) is 49.6 Å². The Kier molecular flexibility index (Phi) is 14.3. The lowest BCUT2D eigenvalue weighted by atomic mass is 9.96. The molecule has 334 valence electrons. The number of non-ortho nitro benzene ring substituents is 1. The molecule has 64 heavy (non-hydrogen) atoms. The third kappa shape index (κ3) is 10.6. The topological polar surface area (TPSA) is 153 Å². The third-order valence-electron chi connectivity index (χ3n) is 11.6. The van der Waals surface area contributed by atoms with Crippen LogP contribution >= 0.6 is 11.8 Å². The minimum absolute atomic E-state index is 0.133. The molecule has 0 saturated carbocycles. The van der Waals surface area contributed by atoms with Gasteiger partial charge in [0.2, 0.25) is 0 Å². The van der Waals surface area contributed by atoms with Gasteiger partial charge >= 0.3 is 5.97 Å². The predicted octanol–water partition coefficient (Wildman–Crippen LogP) is 9.72. The highest BCUT2D eigenvalue weighted by atomic mass is 32.2. The maximum absolute atomic E-state index is 14.1. The van der Waals surface area contributed by atoms with Gasteiger partial charge in [-0.1, -0.05) is 60.2 Å². The number of rotatable bonds is 18. The van der Waals surface area contributed by atoms with Gasteiger partial charge in [0, 0.05) is 89.9 Å². The largest absolute Gasteiger partial charge is 0.478 e. The molecule has 0 spiro atoms. The molecule has 7 rings (SSSR count). The second-order valence-electron chi connectivity index (χ2n) is 16.3. The predicted molar refractivity (Wildman–Crippen MR) is 260 cm³/mol. The summed E-state index contributed by atoms with van der Waals surface area (Å²) in [5.41, 5.74) is 7.82. The van der Waals surface area contributed by atoms with Crippen LogP contribution in [-0.2, 0) is 16.6 Å². The molecule has 1 aliphatic rings. The molecule has 3 N–H and O–H groups in total. The second kappa shape index (κ2) is 20.0. The minimum atomic E-state index is -4.26. The zero-order chi connectivity index (χ0) is 45.5. The van der Waals surface area contributed by atoms with E-state index < -0.39 is 20.9 Å². The first-order chi connectivity index (χ1) is 30.7. The van der Waals surface area contributed by atoms with Gasteiger partial charge in [-0.15, -0.1) is 11.8 Å². The smallest absolute Gasteiger partial charge is 0.338 e. The molecule has 0 amide bonds. The normalized spacial score (nSPS) is 13.5. The molecule has 0 radical (unpaired) electrons. The second-order valence-corrected chi connectivity index (χ2v) is 19.0. The summed E-state index contributed by atoms with van der Waals surface area (Å²) in [6.45, 7) is 10.2. The van der Waals surface area contributed by atoms with Gasteiger partial charge in [-0.25, -0.2) is 13.2 Å². The number of hydrogen-bond donors (Lipinski definition) is 3. The van der Waals surface area contributed by atoms with Crippen LogP contribution in [0.25, 0.3) is 22.4 Å². The number of hydrogen-bond acceptors (Lipinski definition) is 10. The van der Waals surface area contributed by atoms with Crippen molar-refractivity contribution in [1.82, 2.24) is 9.47 Å². The quantitative estimate of drug-likeness (QED) is 0.0429. The van der Waals surface area contributed by atoms with Gasteiger partial charge in [0.1, 0.15) is 4.90 Å². The van der Waals surface area contributed by atoms with E-state index in [4.69, 9.17) is 0 Å². The van der Waals surface area contributed by atoms with Crippen LogP contribution in [0.2, 0.25) is 0 Å². The molecule has 1 fully saturated rings. The van der Waals surface area contributed by atoms with Gasteiger partial charge in [0.15, 0.2) is 0 Å². The molecule has 0 unspecified atom stereocenters. The molecular formula is C49H55N7O6S2. The Morgan fingerprint density at radius 3 is 2.14 bits per heavy atom. The Morgan fingerprint density at radius 1 is 0.844 bits per heavy atom. The van der Waals surface area contributed by atoms with Gasteiger partial charge in [-0.2, -0.15) is 0 Å². The Hall–Kier alpha value is -6.29. The molecule has 0 aliphatic carbocycles. The van der Waals surface area contributed by atoms with E-state index in [9.17, 15) is 28.4 Å². The van der Waals surface area contributed by atoms with Crippen molar-refractivity contribution in [3.8, 4) is 22.4 Å². The van der Waals surface area contributed by atoms with Gasteiger partial charge in [-0.3, -0.25) is 14.8 Å². The molecule has 2 heterocycles. The molecule has 1 saturated heterocycles. The number of benzene rings is 5. The standard InChI is InChI=1S/C49H55N7O6S2/c1-6-55-35(3)46(49(57)58)47(48(55)36-17-15-34(2)16-18-36)37-11-10-12-41(31-37)54-29-27-53(28-30-54)40-21-19-38(20-22-40)51-64(61,62)45-32-42(56(59)60)23-24-44(45)50-39(25-26-52(4)5)33-63-43-13-8-7-9-14-43/h7-24,31-32,39,50-51H,6,25-30,33H2,1-5H3,(H,57,58)/t39-/m1/s1. The lowest BCUT2D eigenvalue weighted by Crippen LogP contribution is -2.46. The molecule has 5 aromatic carbocycles. The first-order valence-corrected chi connectivity index (χ1v) is 23.8. The Labute approximate surface area is 379 Å². The van der Waals surface area contributed by atoms with Crippen LogP contribution < -0.4 is 19.8 Å². The van der Waals surface area contributed by atoms with Crippen molar-refractivity contribution in [1.29, 1.82) is 0 Å². The Morgan fingerprint density at radius 2 is 1.52 bits per heavy atom. The molecule has 1 aromatic heterocycles. The van der Waals surface area contributed by atoms with Crippen molar-refractivity contribution in [2.24, 2.45) is 0 Å². The third-order valence-corrected chi connectivity index (χ3v) is 14.2. The van der Waals surface area contributed by atoms with Crippen molar-refractivity contribution < 1.29 is 23.2 Å². The highest BCUT2D eigenvalue weighted by Gasteiger charge is 2.28. The number of anilines is 4. The Bertz CT molecular complexity index is 2700. The van der Waals surface area contributed by atoms with Gasteiger partial charge in [0.25, 0.3) is 15.7 Å². The zero-order valence-electron chi connectivity index (χ0n) is 36.8. The number of aryl methyl sites for hydroxylation is 1. The maximum Gasteiger partial charge on any atom is 0.338 e. The summed E-state index contributed by atoms with van der Waals surface area (Å²) in [5, 5.41) is 25.7. The number of carbonyl (C=O) groups is 1. The number of nitrogens with one attached hydrogen (secondary N) is 2. The van der Waals surface area contributed by atoms with Crippen molar-refractivity contribution >= 4 is 56.2 Å². The molecular weight excluding hydrogens is 847 g/mol. The van der Waals surface area contributed by atoms with E-state index in [1.54, 1.807) is 23.9 Å². The zero-order valence-corrected chi connectivity index (χ0v) is 38.5. The number of thioether (sulfide) groups is 1. The lowest BCUT2D eigenvalue weighted by molar-refractivity contribution is -0.385. The van der Waals surface area contributed by atoms with Crippen LogP contribution in [0.1, 0.15) is 35.0 Å². The van der Waals surface area contributed by atoms with Crippen molar-refractivity contribution in [3.63, 3.8) is 0 Å². The van der Waals surface area contributed by atoms with Gasteiger partial charge in [-0.05, 0) is 114 Å². The van der Waals surface area contributed by atoms with E-state index in [2.05, 4.69) is 65.7 Å². The maximum atomic E-state index is 14.1. The molecule has 0 bridgehead atoms. The van der Waals surface area contributed by atoms with Gasteiger partial charge in [0.05, 0.1) is 21.9 Å². The van der Waals surface area contributed by atoms with Crippen molar-refractivity contribution in [3.05, 3.63) is 148 Å². The van der Waals surface area contributed by atoms with Crippen LogP contribution in [-0.4, -0.2) is 92.5 Å². The SMILES string of the molecule is CCn1c(C)c(C(=O)O)c(-c2cccc(N3CCN(c4ccc(NS(=O)(=O)c5cc([N+](=O)[O-])ccc5N[C@H](CCN(C)C)CSc5ccccc5)cc4)CC3)c2)c1-c1ccc(C)cc1. The number of piperazine rings is 1.